The molecule has 0 saturated carbocycles. The first-order chi connectivity index (χ1) is 7.81. The van der Waals surface area contributed by atoms with Crippen molar-refractivity contribution in [2.45, 2.75) is 13.5 Å². The van der Waals surface area contributed by atoms with Crippen LogP contribution >= 0.6 is 15.9 Å². The first kappa shape index (κ1) is 11.3. The first-order valence-electron chi connectivity index (χ1n) is 4.99. The molecule has 0 radical (unpaired) electrons. The van der Waals surface area contributed by atoms with Crippen LogP contribution in [-0.4, -0.2) is 13.3 Å². The third kappa shape index (κ3) is 2.49. The summed E-state index contributed by atoms with van der Waals surface area (Å²) in [6, 6.07) is 4.01. The van der Waals surface area contributed by atoms with Crippen molar-refractivity contribution in [2.75, 3.05) is 13.3 Å². The molecule has 16 heavy (non-hydrogen) atoms. The third-order valence-corrected chi connectivity index (χ3v) is 2.80. The number of halogens is 1. The molecule has 1 aliphatic rings. The molecule has 0 spiro atoms. The van der Waals surface area contributed by atoms with Crippen LogP contribution in [0.15, 0.2) is 16.6 Å². The minimum absolute atomic E-state index is 0.298. The van der Waals surface area contributed by atoms with Gasteiger partial charge in [-0.3, -0.25) is 0 Å². The number of rotatable bonds is 3. The molecule has 0 aromatic heterocycles. The van der Waals surface area contributed by atoms with Gasteiger partial charge in [0.1, 0.15) is 0 Å². The highest BCUT2D eigenvalue weighted by atomic mass is 79.9. The lowest BCUT2D eigenvalue weighted by Crippen LogP contribution is -2.13. The lowest BCUT2D eigenvalue weighted by Gasteiger charge is -2.05. The smallest absolute Gasteiger partial charge is 0.231 e. The SMILES string of the molecule is CC#CCNCc1cc(Br)c2c(c1)OCO2. The van der Waals surface area contributed by atoms with Crippen LogP contribution in [0, 0.1) is 11.8 Å². The maximum Gasteiger partial charge on any atom is 0.231 e. The molecule has 0 unspecified atom stereocenters. The van der Waals surface area contributed by atoms with Crippen molar-refractivity contribution in [1.82, 2.24) is 5.32 Å². The molecule has 2 rings (SSSR count). The maximum atomic E-state index is 5.34. The van der Waals surface area contributed by atoms with Crippen LogP contribution in [0.5, 0.6) is 11.5 Å². The lowest BCUT2D eigenvalue weighted by atomic mass is 10.2. The van der Waals surface area contributed by atoms with Crippen molar-refractivity contribution in [2.24, 2.45) is 0 Å². The molecule has 1 heterocycles. The average Bonchev–Trinajstić information content (AvgIpc) is 2.73. The van der Waals surface area contributed by atoms with Gasteiger partial charge in [-0.25, -0.2) is 0 Å². The van der Waals surface area contributed by atoms with E-state index in [0.29, 0.717) is 13.3 Å². The van der Waals surface area contributed by atoms with E-state index in [1.165, 1.54) is 0 Å². The van der Waals surface area contributed by atoms with E-state index in [-0.39, 0.29) is 0 Å². The van der Waals surface area contributed by atoms with Gasteiger partial charge in [0.2, 0.25) is 6.79 Å². The van der Waals surface area contributed by atoms with Gasteiger partial charge in [-0.2, -0.15) is 0 Å². The van der Waals surface area contributed by atoms with Gasteiger partial charge in [0.05, 0.1) is 11.0 Å². The second kappa shape index (κ2) is 5.24. The Balaban J connectivity index is 2.04. The summed E-state index contributed by atoms with van der Waals surface area (Å²) in [5.74, 6) is 7.39. The molecule has 84 valence electrons. The van der Waals surface area contributed by atoms with Gasteiger partial charge in [-0.1, -0.05) is 5.92 Å². The average molecular weight is 282 g/mol. The van der Waals surface area contributed by atoms with Crippen LogP contribution in [0.2, 0.25) is 0 Å². The minimum Gasteiger partial charge on any atom is -0.454 e. The molecular weight excluding hydrogens is 270 g/mol. The van der Waals surface area contributed by atoms with Crippen LogP contribution in [0.25, 0.3) is 0 Å². The minimum atomic E-state index is 0.298. The fourth-order valence-corrected chi connectivity index (χ4v) is 2.08. The zero-order valence-corrected chi connectivity index (χ0v) is 10.6. The van der Waals surface area contributed by atoms with Crippen molar-refractivity contribution in [1.29, 1.82) is 0 Å². The van der Waals surface area contributed by atoms with E-state index in [4.69, 9.17) is 9.47 Å². The Bertz CT molecular complexity index is 448. The van der Waals surface area contributed by atoms with Gasteiger partial charge in [0.15, 0.2) is 11.5 Å². The molecule has 1 aromatic rings. The fourth-order valence-electron chi connectivity index (χ4n) is 1.48. The molecule has 0 bridgehead atoms. The molecule has 3 nitrogen and oxygen atoms in total. The van der Waals surface area contributed by atoms with E-state index in [1.807, 2.05) is 19.1 Å². The number of benzene rings is 1. The molecule has 4 heteroatoms. The highest BCUT2D eigenvalue weighted by Gasteiger charge is 2.17. The van der Waals surface area contributed by atoms with E-state index in [0.717, 1.165) is 28.1 Å². The maximum absolute atomic E-state index is 5.34. The Morgan fingerprint density at radius 2 is 2.31 bits per heavy atom. The molecule has 1 N–H and O–H groups in total. The Hall–Kier alpha value is -1.18. The second-order valence-corrected chi connectivity index (χ2v) is 4.20. The van der Waals surface area contributed by atoms with Crippen LogP contribution in [-0.2, 0) is 6.54 Å². The van der Waals surface area contributed by atoms with Crippen molar-refractivity contribution >= 4 is 15.9 Å². The van der Waals surface area contributed by atoms with Gasteiger partial charge in [0, 0.05) is 6.54 Å². The van der Waals surface area contributed by atoms with Crippen LogP contribution < -0.4 is 14.8 Å². The fraction of sp³-hybridized carbons (Fsp3) is 0.333. The van der Waals surface area contributed by atoms with E-state index >= 15 is 0 Å². The summed E-state index contributed by atoms with van der Waals surface area (Å²) in [4.78, 5) is 0. The van der Waals surface area contributed by atoms with Crippen LogP contribution in [0.4, 0.5) is 0 Å². The second-order valence-electron chi connectivity index (χ2n) is 3.34. The summed E-state index contributed by atoms with van der Waals surface area (Å²) in [5, 5.41) is 3.23. The normalized spacial score (nSPS) is 12.1. The van der Waals surface area contributed by atoms with Gasteiger partial charge in [-0.15, -0.1) is 5.92 Å². The predicted molar refractivity (Wildman–Crippen MR) is 65.4 cm³/mol. The standard InChI is InChI=1S/C12H12BrNO2/c1-2-3-4-14-7-9-5-10(13)12-11(6-9)15-8-16-12/h5-6,14H,4,7-8H2,1H3. The van der Waals surface area contributed by atoms with E-state index in [2.05, 4.69) is 33.1 Å². The van der Waals surface area contributed by atoms with Crippen molar-refractivity contribution in [3.63, 3.8) is 0 Å². The van der Waals surface area contributed by atoms with Crippen LogP contribution in [0.3, 0.4) is 0 Å². The van der Waals surface area contributed by atoms with Crippen molar-refractivity contribution in [3.8, 4) is 23.3 Å². The summed E-state index contributed by atoms with van der Waals surface area (Å²) in [7, 11) is 0. The molecular formula is C12H12BrNO2. The molecule has 1 aromatic carbocycles. The molecule has 0 saturated heterocycles. The molecule has 0 amide bonds. The van der Waals surface area contributed by atoms with Gasteiger partial charge in [0.25, 0.3) is 0 Å². The Kier molecular flexibility index (Phi) is 3.70. The summed E-state index contributed by atoms with van der Waals surface area (Å²) in [6.45, 7) is 3.59. The Morgan fingerprint density at radius 1 is 1.44 bits per heavy atom. The lowest BCUT2D eigenvalue weighted by molar-refractivity contribution is 0.173. The molecule has 0 fully saturated rings. The third-order valence-electron chi connectivity index (χ3n) is 2.21. The number of fused-ring (bicyclic) bond motifs is 1. The highest BCUT2D eigenvalue weighted by molar-refractivity contribution is 9.10. The summed E-state index contributed by atoms with van der Waals surface area (Å²) in [5.41, 5.74) is 1.15. The topological polar surface area (TPSA) is 30.5 Å². The molecule has 0 atom stereocenters. The van der Waals surface area contributed by atoms with Gasteiger partial charge < -0.3 is 14.8 Å². The van der Waals surface area contributed by atoms with E-state index in [9.17, 15) is 0 Å². The Labute approximate surface area is 103 Å². The molecule has 1 aliphatic heterocycles. The number of hydrogen-bond acceptors (Lipinski definition) is 3. The zero-order valence-electron chi connectivity index (χ0n) is 8.97. The van der Waals surface area contributed by atoms with E-state index < -0.39 is 0 Å². The highest BCUT2D eigenvalue weighted by Crippen LogP contribution is 2.39. The summed E-state index contributed by atoms with van der Waals surface area (Å²) < 4.78 is 11.6. The van der Waals surface area contributed by atoms with Crippen molar-refractivity contribution < 1.29 is 9.47 Å². The first-order valence-corrected chi connectivity index (χ1v) is 5.79. The molecule has 0 aliphatic carbocycles. The van der Waals surface area contributed by atoms with Crippen molar-refractivity contribution in [3.05, 3.63) is 22.2 Å². The monoisotopic (exact) mass is 281 g/mol. The largest absolute Gasteiger partial charge is 0.454 e. The zero-order chi connectivity index (χ0) is 11.4. The quantitative estimate of drug-likeness (QED) is 0.681. The number of nitrogens with one attached hydrogen (secondary N) is 1. The van der Waals surface area contributed by atoms with Crippen LogP contribution in [0.1, 0.15) is 12.5 Å². The van der Waals surface area contributed by atoms with Gasteiger partial charge in [-0.05, 0) is 40.5 Å². The van der Waals surface area contributed by atoms with Gasteiger partial charge >= 0.3 is 0 Å². The number of ether oxygens (including phenoxy) is 2. The number of hydrogen-bond donors (Lipinski definition) is 1. The van der Waals surface area contributed by atoms with E-state index in [1.54, 1.807) is 0 Å². The summed E-state index contributed by atoms with van der Waals surface area (Å²) in [6.07, 6.45) is 0. The Morgan fingerprint density at radius 3 is 3.12 bits per heavy atom. The summed E-state index contributed by atoms with van der Waals surface area (Å²) >= 11 is 3.46. The predicted octanol–water partition coefficient (Wildman–Crippen LogP) is 2.29.